The van der Waals surface area contributed by atoms with Crippen LogP contribution in [-0.2, 0) is 4.79 Å². The zero-order chi connectivity index (χ0) is 23.1. The number of anilines is 1. The van der Waals surface area contributed by atoms with E-state index in [9.17, 15) is 9.59 Å². The number of carbonyl (C=O) groups excluding carboxylic acids is 2. The van der Waals surface area contributed by atoms with E-state index in [1.807, 2.05) is 24.3 Å². The van der Waals surface area contributed by atoms with Gasteiger partial charge in [-0.2, -0.15) is 0 Å². The van der Waals surface area contributed by atoms with E-state index < -0.39 is 5.91 Å². The molecule has 1 saturated heterocycles. The number of methoxy groups -OCH3 is 4. The second-order valence-corrected chi connectivity index (χ2v) is 7.17. The first-order chi connectivity index (χ1) is 15.5. The molecule has 0 radical (unpaired) electrons. The third-order valence-corrected chi connectivity index (χ3v) is 5.38. The lowest BCUT2D eigenvalue weighted by Crippen LogP contribution is -2.51. The molecule has 0 atom stereocenters. The number of hydrogen-bond acceptors (Lipinski definition) is 7. The molecule has 9 heteroatoms. The summed E-state index contributed by atoms with van der Waals surface area (Å²) in [6, 6.07) is 11.0. The highest BCUT2D eigenvalue weighted by molar-refractivity contribution is 5.97. The molecule has 3 rings (SSSR count). The zero-order valence-corrected chi connectivity index (χ0v) is 18.8. The molecule has 2 aromatic rings. The number of amides is 2. The number of nitrogens with one attached hydrogen (secondary N) is 1. The van der Waals surface area contributed by atoms with Crippen molar-refractivity contribution in [3.05, 3.63) is 42.0 Å². The number of hydrogen-bond donors (Lipinski definition) is 1. The van der Waals surface area contributed by atoms with Crippen LogP contribution in [0.25, 0.3) is 0 Å². The first kappa shape index (κ1) is 23.1. The molecular weight excluding hydrogens is 414 g/mol. The van der Waals surface area contributed by atoms with Crippen LogP contribution in [0.1, 0.15) is 10.4 Å². The highest BCUT2D eigenvalue weighted by Crippen LogP contribution is 2.38. The van der Waals surface area contributed by atoms with Crippen molar-refractivity contribution in [2.45, 2.75) is 0 Å². The van der Waals surface area contributed by atoms with Gasteiger partial charge >= 0.3 is 0 Å². The van der Waals surface area contributed by atoms with Gasteiger partial charge in [-0.3, -0.25) is 9.59 Å². The molecule has 2 amide bonds. The van der Waals surface area contributed by atoms with Gasteiger partial charge in [0.15, 0.2) is 11.5 Å². The summed E-state index contributed by atoms with van der Waals surface area (Å²) in [4.78, 5) is 29.2. The molecule has 0 bridgehead atoms. The molecule has 1 aliphatic heterocycles. The maximum Gasteiger partial charge on any atom is 0.251 e. The van der Waals surface area contributed by atoms with Gasteiger partial charge in [-0.05, 0) is 24.3 Å². The number of nitrogens with zero attached hydrogens (tertiary/aromatic N) is 2. The second-order valence-electron chi connectivity index (χ2n) is 7.17. The third kappa shape index (κ3) is 5.16. The van der Waals surface area contributed by atoms with Crippen molar-refractivity contribution in [1.82, 2.24) is 10.2 Å². The molecular formula is C23H29N3O6. The lowest BCUT2D eigenvalue weighted by atomic mass is 10.1. The molecule has 32 heavy (non-hydrogen) atoms. The Bertz CT molecular complexity index is 931. The minimum atomic E-state index is -0.396. The van der Waals surface area contributed by atoms with Crippen LogP contribution in [0.4, 0.5) is 5.69 Å². The Hall–Kier alpha value is -3.62. The monoisotopic (exact) mass is 443 g/mol. The number of ether oxygens (including phenoxy) is 4. The van der Waals surface area contributed by atoms with Crippen LogP contribution in [0.5, 0.6) is 23.0 Å². The smallest absolute Gasteiger partial charge is 0.251 e. The maximum absolute atomic E-state index is 12.6. The summed E-state index contributed by atoms with van der Waals surface area (Å²) in [6.07, 6.45) is 0. The Balaban J connectivity index is 1.55. The molecule has 0 unspecified atom stereocenters. The summed E-state index contributed by atoms with van der Waals surface area (Å²) in [5.41, 5.74) is 1.38. The van der Waals surface area contributed by atoms with Gasteiger partial charge in [0.1, 0.15) is 5.75 Å². The molecule has 172 valence electrons. The van der Waals surface area contributed by atoms with Crippen molar-refractivity contribution in [3.63, 3.8) is 0 Å². The van der Waals surface area contributed by atoms with E-state index in [-0.39, 0.29) is 12.5 Å². The topological polar surface area (TPSA) is 89.6 Å². The third-order valence-electron chi connectivity index (χ3n) is 5.38. The van der Waals surface area contributed by atoms with Crippen molar-refractivity contribution in [3.8, 4) is 23.0 Å². The van der Waals surface area contributed by atoms with E-state index in [0.717, 1.165) is 11.4 Å². The van der Waals surface area contributed by atoms with Gasteiger partial charge in [0.25, 0.3) is 5.91 Å². The van der Waals surface area contributed by atoms with Gasteiger partial charge in [0.2, 0.25) is 11.7 Å². The fourth-order valence-electron chi connectivity index (χ4n) is 3.60. The highest BCUT2D eigenvalue weighted by Gasteiger charge is 2.23. The molecule has 1 N–H and O–H groups in total. The molecule has 0 spiro atoms. The van der Waals surface area contributed by atoms with E-state index in [4.69, 9.17) is 18.9 Å². The largest absolute Gasteiger partial charge is 0.497 e. The number of carbonyl (C=O) groups is 2. The van der Waals surface area contributed by atoms with Crippen molar-refractivity contribution < 1.29 is 28.5 Å². The number of rotatable bonds is 8. The standard InChI is InChI=1S/C23H29N3O6/c1-29-18-7-5-6-17(14-18)25-8-10-26(11-9-25)21(27)15-24-23(28)16-12-19(30-2)22(32-4)20(13-16)31-3/h5-7,12-14H,8-11,15H2,1-4H3,(H,24,28). The summed E-state index contributed by atoms with van der Waals surface area (Å²) in [5, 5.41) is 2.68. The summed E-state index contributed by atoms with van der Waals surface area (Å²) in [7, 11) is 6.09. The summed E-state index contributed by atoms with van der Waals surface area (Å²) < 4.78 is 21.1. The van der Waals surface area contributed by atoms with Crippen LogP contribution in [-0.4, -0.2) is 77.9 Å². The van der Waals surface area contributed by atoms with E-state index in [2.05, 4.69) is 10.2 Å². The van der Waals surface area contributed by atoms with E-state index in [1.54, 1.807) is 24.1 Å². The van der Waals surface area contributed by atoms with E-state index in [1.165, 1.54) is 21.3 Å². The molecule has 0 saturated carbocycles. The Morgan fingerprint density at radius 3 is 2.09 bits per heavy atom. The summed E-state index contributed by atoms with van der Waals surface area (Å²) in [6.45, 7) is 2.49. The lowest BCUT2D eigenvalue weighted by Gasteiger charge is -2.36. The molecule has 1 heterocycles. The lowest BCUT2D eigenvalue weighted by molar-refractivity contribution is -0.130. The number of benzene rings is 2. The molecule has 0 aromatic heterocycles. The van der Waals surface area contributed by atoms with Gasteiger partial charge < -0.3 is 34.1 Å². The molecule has 0 aliphatic carbocycles. The fraction of sp³-hybridized carbons (Fsp3) is 0.391. The van der Waals surface area contributed by atoms with Crippen LogP contribution in [0.2, 0.25) is 0 Å². The van der Waals surface area contributed by atoms with Gasteiger partial charge in [-0.25, -0.2) is 0 Å². The van der Waals surface area contributed by atoms with Gasteiger partial charge in [-0.1, -0.05) is 6.07 Å². The van der Waals surface area contributed by atoms with Crippen LogP contribution in [0.15, 0.2) is 36.4 Å². The summed E-state index contributed by atoms with van der Waals surface area (Å²) >= 11 is 0. The maximum atomic E-state index is 12.6. The quantitative estimate of drug-likeness (QED) is 0.665. The van der Waals surface area contributed by atoms with E-state index in [0.29, 0.717) is 49.0 Å². The Morgan fingerprint density at radius 1 is 0.875 bits per heavy atom. The molecule has 1 fully saturated rings. The normalized spacial score (nSPS) is 13.4. The van der Waals surface area contributed by atoms with E-state index >= 15 is 0 Å². The average molecular weight is 444 g/mol. The van der Waals surface area contributed by atoms with Crippen molar-refractivity contribution >= 4 is 17.5 Å². The Morgan fingerprint density at radius 2 is 1.53 bits per heavy atom. The first-order valence-electron chi connectivity index (χ1n) is 10.3. The molecule has 1 aliphatic rings. The molecule has 2 aromatic carbocycles. The van der Waals surface area contributed by atoms with Crippen LogP contribution in [0.3, 0.4) is 0 Å². The van der Waals surface area contributed by atoms with Crippen LogP contribution in [0, 0.1) is 0 Å². The fourth-order valence-corrected chi connectivity index (χ4v) is 3.60. The van der Waals surface area contributed by atoms with Crippen LogP contribution >= 0.6 is 0 Å². The first-order valence-corrected chi connectivity index (χ1v) is 10.3. The Labute approximate surface area is 187 Å². The van der Waals surface area contributed by atoms with Gasteiger partial charge in [0.05, 0.1) is 35.0 Å². The predicted octanol–water partition coefficient (Wildman–Crippen LogP) is 1.80. The highest BCUT2D eigenvalue weighted by atomic mass is 16.5. The SMILES string of the molecule is COc1cccc(N2CCN(C(=O)CNC(=O)c3cc(OC)c(OC)c(OC)c3)CC2)c1. The van der Waals surface area contributed by atoms with Gasteiger partial charge in [-0.15, -0.1) is 0 Å². The summed E-state index contributed by atoms with van der Waals surface area (Å²) in [5.74, 6) is 1.42. The average Bonchev–Trinajstić information content (AvgIpc) is 2.86. The van der Waals surface area contributed by atoms with Crippen molar-refractivity contribution in [2.24, 2.45) is 0 Å². The Kier molecular flexibility index (Phi) is 7.64. The van der Waals surface area contributed by atoms with Gasteiger partial charge in [0, 0.05) is 43.5 Å². The second kappa shape index (κ2) is 10.6. The molecule has 9 nitrogen and oxygen atoms in total. The minimum Gasteiger partial charge on any atom is -0.497 e. The van der Waals surface area contributed by atoms with Crippen molar-refractivity contribution in [2.75, 3.05) is 66.1 Å². The van der Waals surface area contributed by atoms with Crippen molar-refractivity contribution in [1.29, 1.82) is 0 Å². The predicted molar refractivity (Wildman–Crippen MR) is 120 cm³/mol. The number of piperazine rings is 1. The minimum absolute atomic E-state index is 0.0886. The zero-order valence-electron chi connectivity index (χ0n) is 18.8. The van der Waals surface area contributed by atoms with Crippen LogP contribution < -0.4 is 29.2 Å².